The van der Waals surface area contributed by atoms with Crippen LogP contribution in [0.5, 0.6) is 0 Å². The van der Waals surface area contributed by atoms with Crippen molar-refractivity contribution in [1.82, 2.24) is 0 Å². The van der Waals surface area contributed by atoms with Gasteiger partial charge in [0.2, 0.25) is 0 Å². The van der Waals surface area contributed by atoms with E-state index < -0.39 is 5.92 Å². The Balaban J connectivity index is 1.78. The Kier molecular flexibility index (Phi) is 3.41. The smallest absolute Gasteiger partial charge is 0.152 e. The van der Waals surface area contributed by atoms with Crippen molar-refractivity contribution in [2.75, 3.05) is 7.11 Å². The van der Waals surface area contributed by atoms with Gasteiger partial charge in [0, 0.05) is 23.7 Å². The zero-order valence-electron chi connectivity index (χ0n) is 14.6. The Labute approximate surface area is 142 Å². The minimum atomic E-state index is -0.576. The standard InChI is InChI=1S/C20H23NO3/c1-9-7-10(2)14(11(3)8-9)17-19(22)15-12-5-6-13(16(15)20(17)23)18(12)21-24-4/h7-8,12-13,15-17H,5-6H2,1-4H3/t12-,13+,15-,16+,17?. The van der Waals surface area contributed by atoms with Gasteiger partial charge in [-0.25, -0.2) is 0 Å². The third-order valence-electron chi connectivity index (χ3n) is 6.25. The fourth-order valence-electron chi connectivity index (χ4n) is 5.60. The van der Waals surface area contributed by atoms with E-state index in [1.807, 2.05) is 20.8 Å². The van der Waals surface area contributed by atoms with Crippen molar-refractivity contribution in [3.8, 4) is 0 Å². The first-order chi connectivity index (χ1) is 11.5. The normalized spacial score (nSPS) is 35.8. The van der Waals surface area contributed by atoms with Crippen LogP contribution in [0.3, 0.4) is 0 Å². The maximum Gasteiger partial charge on any atom is 0.152 e. The Bertz CT molecular complexity index is 724. The lowest BCUT2D eigenvalue weighted by Gasteiger charge is -2.19. The number of aryl methyl sites for hydroxylation is 3. The quantitative estimate of drug-likeness (QED) is 0.620. The number of carbonyl (C=O) groups is 2. The minimum Gasteiger partial charge on any atom is -0.399 e. The molecule has 0 amide bonds. The highest BCUT2D eigenvalue weighted by Crippen LogP contribution is 2.57. The summed E-state index contributed by atoms with van der Waals surface area (Å²) in [6.07, 6.45) is 1.90. The minimum absolute atomic E-state index is 0.104. The molecule has 2 bridgehead atoms. The van der Waals surface area contributed by atoms with Crippen molar-refractivity contribution in [3.63, 3.8) is 0 Å². The van der Waals surface area contributed by atoms with Crippen LogP contribution in [0.25, 0.3) is 0 Å². The van der Waals surface area contributed by atoms with E-state index >= 15 is 0 Å². The molecule has 0 aromatic heterocycles. The topological polar surface area (TPSA) is 55.7 Å². The first kappa shape index (κ1) is 15.6. The van der Waals surface area contributed by atoms with Crippen LogP contribution in [0.2, 0.25) is 0 Å². The van der Waals surface area contributed by atoms with E-state index in [0.29, 0.717) is 0 Å². The van der Waals surface area contributed by atoms with Crippen molar-refractivity contribution in [1.29, 1.82) is 0 Å². The Hall–Kier alpha value is -1.97. The predicted octanol–water partition coefficient (Wildman–Crippen LogP) is 3.12. The van der Waals surface area contributed by atoms with E-state index in [1.54, 1.807) is 0 Å². The summed E-state index contributed by atoms with van der Waals surface area (Å²) in [5.41, 5.74) is 5.16. The lowest BCUT2D eigenvalue weighted by molar-refractivity contribution is -0.125. The van der Waals surface area contributed by atoms with Crippen LogP contribution in [-0.2, 0) is 14.4 Å². The Morgan fingerprint density at radius 2 is 1.46 bits per heavy atom. The fraction of sp³-hybridized carbons (Fsp3) is 0.550. The fourth-order valence-corrected chi connectivity index (χ4v) is 5.60. The first-order valence-electron chi connectivity index (χ1n) is 8.71. The van der Waals surface area contributed by atoms with Crippen LogP contribution in [-0.4, -0.2) is 24.4 Å². The van der Waals surface area contributed by atoms with Gasteiger partial charge in [0.15, 0.2) is 11.6 Å². The molecule has 3 saturated carbocycles. The number of Topliss-reactive ketones (excluding diaryl/α,β-unsaturated/α-hetero) is 2. The van der Waals surface area contributed by atoms with Crippen LogP contribution in [0, 0.1) is 44.4 Å². The van der Waals surface area contributed by atoms with Crippen LogP contribution in [0.4, 0.5) is 0 Å². The molecule has 0 spiro atoms. The molecule has 3 fully saturated rings. The second kappa shape index (κ2) is 5.27. The number of hydrogen-bond acceptors (Lipinski definition) is 4. The Morgan fingerprint density at radius 1 is 0.958 bits per heavy atom. The van der Waals surface area contributed by atoms with Gasteiger partial charge in [0.1, 0.15) is 13.0 Å². The van der Waals surface area contributed by atoms with Gasteiger partial charge in [-0.3, -0.25) is 9.59 Å². The van der Waals surface area contributed by atoms with Gasteiger partial charge < -0.3 is 4.84 Å². The monoisotopic (exact) mass is 325 g/mol. The van der Waals surface area contributed by atoms with E-state index in [-0.39, 0.29) is 35.2 Å². The molecule has 0 N–H and O–H groups in total. The van der Waals surface area contributed by atoms with Gasteiger partial charge in [0.25, 0.3) is 0 Å². The Morgan fingerprint density at radius 3 is 1.92 bits per heavy atom. The average Bonchev–Trinajstić information content (AvgIpc) is 3.12. The second-order valence-corrected chi connectivity index (χ2v) is 7.59. The number of benzene rings is 1. The summed E-state index contributed by atoms with van der Waals surface area (Å²) in [4.78, 5) is 31.4. The van der Waals surface area contributed by atoms with E-state index in [9.17, 15) is 9.59 Å². The molecule has 24 heavy (non-hydrogen) atoms. The molecule has 0 aliphatic heterocycles. The highest BCUT2D eigenvalue weighted by Gasteiger charge is 2.65. The summed E-state index contributed by atoms with van der Waals surface area (Å²) < 4.78 is 0. The lowest BCUT2D eigenvalue weighted by Crippen LogP contribution is -2.24. The van der Waals surface area contributed by atoms with E-state index in [0.717, 1.165) is 35.2 Å². The maximum atomic E-state index is 13.2. The summed E-state index contributed by atoms with van der Waals surface area (Å²) in [7, 11) is 1.53. The van der Waals surface area contributed by atoms with Crippen LogP contribution < -0.4 is 0 Å². The van der Waals surface area contributed by atoms with E-state index in [4.69, 9.17) is 4.84 Å². The molecule has 3 aliphatic carbocycles. The molecule has 1 aromatic carbocycles. The van der Waals surface area contributed by atoms with Crippen molar-refractivity contribution in [3.05, 3.63) is 34.4 Å². The van der Waals surface area contributed by atoms with Crippen molar-refractivity contribution < 1.29 is 14.4 Å². The summed E-state index contributed by atoms with van der Waals surface area (Å²) in [5.74, 6) is -0.523. The van der Waals surface area contributed by atoms with Gasteiger partial charge in [-0.2, -0.15) is 0 Å². The zero-order valence-corrected chi connectivity index (χ0v) is 14.6. The number of oxime groups is 1. The molecule has 0 radical (unpaired) electrons. The number of nitrogens with zero attached hydrogens (tertiary/aromatic N) is 1. The molecule has 0 saturated heterocycles. The summed E-state index contributed by atoms with van der Waals surface area (Å²) in [5, 5.41) is 4.16. The number of carbonyl (C=O) groups excluding carboxylic acids is 2. The zero-order chi connectivity index (χ0) is 17.2. The highest BCUT2D eigenvalue weighted by atomic mass is 16.6. The summed E-state index contributed by atoms with van der Waals surface area (Å²) >= 11 is 0. The number of hydrogen-bond donors (Lipinski definition) is 0. The summed E-state index contributed by atoms with van der Waals surface area (Å²) in [6, 6.07) is 4.15. The van der Waals surface area contributed by atoms with Crippen LogP contribution >= 0.6 is 0 Å². The van der Waals surface area contributed by atoms with Gasteiger partial charge in [-0.15, -0.1) is 0 Å². The lowest BCUT2D eigenvalue weighted by atomic mass is 9.81. The van der Waals surface area contributed by atoms with Crippen molar-refractivity contribution in [2.45, 2.75) is 39.5 Å². The molecular formula is C20H23NO3. The first-order valence-corrected chi connectivity index (χ1v) is 8.71. The molecule has 1 aromatic rings. The molecule has 4 heteroatoms. The van der Waals surface area contributed by atoms with Gasteiger partial charge in [-0.05, 0) is 50.3 Å². The molecule has 1 unspecified atom stereocenters. The maximum absolute atomic E-state index is 13.2. The second-order valence-electron chi connectivity index (χ2n) is 7.59. The number of fused-ring (bicyclic) bond motifs is 5. The van der Waals surface area contributed by atoms with Gasteiger partial charge in [-0.1, -0.05) is 22.9 Å². The largest absolute Gasteiger partial charge is 0.399 e. The predicted molar refractivity (Wildman–Crippen MR) is 91.0 cm³/mol. The van der Waals surface area contributed by atoms with Crippen LogP contribution in [0.15, 0.2) is 17.3 Å². The van der Waals surface area contributed by atoms with E-state index in [1.165, 1.54) is 12.7 Å². The third-order valence-corrected chi connectivity index (χ3v) is 6.25. The van der Waals surface area contributed by atoms with Crippen LogP contribution in [0.1, 0.15) is 41.0 Å². The highest BCUT2D eigenvalue weighted by molar-refractivity contribution is 6.21. The summed E-state index contributed by atoms with van der Waals surface area (Å²) in [6.45, 7) is 6.07. The van der Waals surface area contributed by atoms with Crippen molar-refractivity contribution in [2.24, 2.45) is 28.8 Å². The molecule has 4 nitrogen and oxygen atoms in total. The average molecular weight is 325 g/mol. The molecule has 126 valence electrons. The third kappa shape index (κ3) is 1.89. The number of ketones is 2. The molecule has 3 aliphatic rings. The number of rotatable bonds is 2. The molecule has 5 atom stereocenters. The van der Waals surface area contributed by atoms with Crippen molar-refractivity contribution >= 4 is 17.3 Å². The van der Waals surface area contributed by atoms with E-state index in [2.05, 4.69) is 17.3 Å². The SMILES string of the molecule is CON=C1[C@H]2CC[C@@H]1[C@H]1C(=O)C(c3c(C)cc(C)cc3C)C(=O)[C@H]12. The molecule has 0 heterocycles. The van der Waals surface area contributed by atoms with Gasteiger partial charge in [0.05, 0.1) is 5.71 Å². The van der Waals surface area contributed by atoms with Gasteiger partial charge >= 0.3 is 0 Å². The molecular weight excluding hydrogens is 302 g/mol. The molecule has 4 rings (SSSR count).